The Hall–Kier alpha value is -1.03. The van der Waals surface area contributed by atoms with E-state index in [1.54, 1.807) is 18.2 Å². The molecule has 0 bridgehead atoms. The third-order valence-electron chi connectivity index (χ3n) is 1.99. The van der Waals surface area contributed by atoms with Crippen molar-refractivity contribution >= 4 is 26.7 Å². The number of fused-ring (bicyclic) bond motifs is 1. The lowest BCUT2D eigenvalue weighted by atomic mass is 10.1. The molecule has 0 saturated heterocycles. The van der Waals surface area contributed by atoms with E-state index in [-0.39, 0.29) is 5.69 Å². The minimum absolute atomic E-state index is 0.163. The molecule has 0 atom stereocenters. The lowest BCUT2D eigenvalue weighted by molar-refractivity contribution is 0.148. The Labute approximate surface area is 87.9 Å². The van der Waals surface area contributed by atoms with Crippen LogP contribution in [0, 0.1) is 0 Å². The van der Waals surface area contributed by atoms with E-state index in [0.29, 0.717) is 5.39 Å². The highest BCUT2D eigenvalue weighted by Crippen LogP contribution is 2.29. The maximum atomic E-state index is 12.6. The van der Waals surface area contributed by atoms with Gasteiger partial charge in [-0.2, -0.15) is 0 Å². The second kappa shape index (κ2) is 3.61. The zero-order valence-electron chi connectivity index (χ0n) is 7.05. The summed E-state index contributed by atoms with van der Waals surface area (Å²) in [6.45, 7) is 0. The fourth-order valence-electron chi connectivity index (χ4n) is 1.37. The van der Waals surface area contributed by atoms with Gasteiger partial charge in [0.05, 0.1) is 0 Å². The average molecular weight is 258 g/mol. The minimum atomic E-state index is -2.53. The van der Waals surface area contributed by atoms with E-state index in [1.165, 1.54) is 6.20 Å². The SMILES string of the molecule is FC(F)c1nccc2c(Br)cccc12. The summed E-state index contributed by atoms with van der Waals surface area (Å²) in [5, 5.41) is 1.26. The van der Waals surface area contributed by atoms with Gasteiger partial charge >= 0.3 is 0 Å². The molecular formula is C10H6BrF2N. The fraction of sp³-hybridized carbons (Fsp3) is 0.100. The van der Waals surface area contributed by atoms with E-state index in [4.69, 9.17) is 0 Å². The first-order valence-electron chi connectivity index (χ1n) is 4.01. The predicted octanol–water partition coefficient (Wildman–Crippen LogP) is 3.93. The van der Waals surface area contributed by atoms with E-state index in [0.717, 1.165) is 9.86 Å². The summed E-state index contributed by atoms with van der Waals surface area (Å²) in [4.78, 5) is 3.68. The van der Waals surface area contributed by atoms with E-state index in [1.807, 2.05) is 6.07 Å². The van der Waals surface area contributed by atoms with Crippen LogP contribution in [0.2, 0.25) is 0 Å². The molecule has 1 nitrogen and oxygen atoms in total. The van der Waals surface area contributed by atoms with Gasteiger partial charge in [0, 0.05) is 16.1 Å². The highest BCUT2D eigenvalue weighted by Gasteiger charge is 2.13. The molecule has 1 aromatic carbocycles. The fourth-order valence-corrected chi connectivity index (χ4v) is 1.86. The summed E-state index contributed by atoms with van der Waals surface area (Å²) in [7, 11) is 0. The molecule has 14 heavy (non-hydrogen) atoms. The number of pyridine rings is 1. The number of halogens is 3. The average Bonchev–Trinajstić information content (AvgIpc) is 2.17. The molecule has 0 aliphatic rings. The largest absolute Gasteiger partial charge is 0.280 e. The Bertz CT molecular complexity index is 471. The number of hydrogen-bond acceptors (Lipinski definition) is 1. The number of nitrogens with zero attached hydrogens (tertiary/aromatic N) is 1. The Balaban J connectivity index is 2.81. The zero-order valence-corrected chi connectivity index (χ0v) is 8.63. The van der Waals surface area contributed by atoms with Crippen molar-refractivity contribution in [2.45, 2.75) is 6.43 Å². The van der Waals surface area contributed by atoms with Crippen molar-refractivity contribution in [3.05, 3.63) is 40.6 Å². The summed E-state index contributed by atoms with van der Waals surface area (Å²) in [5.41, 5.74) is -0.163. The van der Waals surface area contributed by atoms with Crippen LogP contribution in [-0.4, -0.2) is 4.98 Å². The topological polar surface area (TPSA) is 12.9 Å². The molecular weight excluding hydrogens is 252 g/mol. The van der Waals surface area contributed by atoms with Crippen molar-refractivity contribution in [2.75, 3.05) is 0 Å². The molecule has 2 rings (SSSR count). The molecule has 4 heteroatoms. The van der Waals surface area contributed by atoms with Crippen LogP contribution >= 0.6 is 15.9 Å². The number of alkyl halides is 2. The van der Waals surface area contributed by atoms with Gasteiger partial charge in [-0.05, 0) is 17.5 Å². The van der Waals surface area contributed by atoms with Crippen LogP contribution in [0.4, 0.5) is 8.78 Å². The molecule has 0 radical (unpaired) electrons. The number of rotatable bonds is 1. The Morgan fingerprint density at radius 3 is 2.64 bits per heavy atom. The van der Waals surface area contributed by atoms with E-state index in [2.05, 4.69) is 20.9 Å². The summed E-state index contributed by atoms with van der Waals surface area (Å²) in [6, 6.07) is 6.90. The Kier molecular flexibility index (Phi) is 2.46. The van der Waals surface area contributed by atoms with Crippen LogP contribution in [0.5, 0.6) is 0 Å². The van der Waals surface area contributed by atoms with Crippen molar-refractivity contribution in [3.63, 3.8) is 0 Å². The minimum Gasteiger partial charge on any atom is -0.255 e. The lowest BCUT2D eigenvalue weighted by Gasteiger charge is -2.05. The molecule has 1 aromatic heterocycles. The van der Waals surface area contributed by atoms with Crippen LogP contribution in [0.3, 0.4) is 0 Å². The van der Waals surface area contributed by atoms with Crippen LogP contribution in [0.25, 0.3) is 10.8 Å². The first-order chi connectivity index (χ1) is 6.70. The van der Waals surface area contributed by atoms with E-state index >= 15 is 0 Å². The van der Waals surface area contributed by atoms with E-state index < -0.39 is 6.43 Å². The van der Waals surface area contributed by atoms with Gasteiger partial charge in [-0.1, -0.05) is 28.1 Å². The summed E-state index contributed by atoms with van der Waals surface area (Å²) >= 11 is 3.31. The van der Waals surface area contributed by atoms with Gasteiger partial charge in [0.15, 0.2) is 0 Å². The molecule has 1 heterocycles. The first-order valence-corrected chi connectivity index (χ1v) is 4.80. The summed E-state index contributed by atoms with van der Waals surface area (Å²) < 4.78 is 25.9. The number of benzene rings is 1. The second-order valence-corrected chi connectivity index (χ2v) is 3.69. The van der Waals surface area contributed by atoms with Crippen LogP contribution in [0.15, 0.2) is 34.9 Å². The maximum Gasteiger partial charge on any atom is 0.280 e. The molecule has 0 unspecified atom stereocenters. The van der Waals surface area contributed by atoms with Crippen molar-refractivity contribution in [1.82, 2.24) is 4.98 Å². The van der Waals surface area contributed by atoms with E-state index in [9.17, 15) is 8.78 Å². The van der Waals surface area contributed by atoms with Gasteiger partial charge < -0.3 is 0 Å². The Morgan fingerprint density at radius 2 is 1.93 bits per heavy atom. The summed E-state index contributed by atoms with van der Waals surface area (Å²) in [6.07, 6.45) is -1.14. The van der Waals surface area contributed by atoms with Gasteiger partial charge in [0.1, 0.15) is 5.69 Å². The molecule has 0 saturated carbocycles. The maximum absolute atomic E-state index is 12.6. The molecule has 0 aliphatic heterocycles. The smallest absolute Gasteiger partial charge is 0.255 e. The molecule has 0 amide bonds. The molecule has 0 spiro atoms. The van der Waals surface area contributed by atoms with Crippen LogP contribution < -0.4 is 0 Å². The third-order valence-corrected chi connectivity index (χ3v) is 2.68. The van der Waals surface area contributed by atoms with Gasteiger partial charge in [0.2, 0.25) is 0 Å². The highest BCUT2D eigenvalue weighted by atomic mass is 79.9. The monoisotopic (exact) mass is 257 g/mol. The quantitative estimate of drug-likeness (QED) is 0.755. The summed E-state index contributed by atoms with van der Waals surface area (Å²) in [5.74, 6) is 0. The van der Waals surface area contributed by atoms with Crippen LogP contribution in [0.1, 0.15) is 12.1 Å². The van der Waals surface area contributed by atoms with Crippen LogP contribution in [-0.2, 0) is 0 Å². The standard InChI is InChI=1S/C10H6BrF2N/c11-8-3-1-2-7-6(8)4-5-14-9(7)10(12)13/h1-5,10H. The highest BCUT2D eigenvalue weighted by molar-refractivity contribution is 9.10. The Morgan fingerprint density at radius 1 is 1.14 bits per heavy atom. The molecule has 72 valence electrons. The van der Waals surface area contributed by atoms with Crippen molar-refractivity contribution in [1.29, 1.82) is 0 Å². The normalized spacial score (nSPS) is 11.1. The molecule has 2 aromatic rings. The van der Waals surface area contributed by atoms with Crippen molar-refractivity contribution < 1.29 is 8.78 Å². The number of hydrogen-bond donors (Lipinski definition) is 0. The van der Waals surface area contributed by atoms with Gasteiger partial charge in [0.25, 0.3) is 6.43 Å². The van der Waals surface area contributed by atoms with Crippen molar-refractivity contribution in [3.8, 4) is 0 Å². The lowest BCUT2D eigenvalue weighted by Crippen LogP contribution is -1.91. The van der Waals surface area contributed by atoms with Gasteiger partial charge in [-0.15, -0.1) is 0 Å². The van der Waals surface area contributed by atoms with Crippen molar-refractivity contribution in [2.24, 2.45) is 0 Å². The van der Waals surface area contributed by atoms with Gasteiger partial charge in [-0.3, -0.25) is 4.98 Å². The second-order valence-electron chi connectivity index (χ2n) is 2.83. The predicted molar refractivity (Wildman–Crippen MR) is 54.4 cm³/mol. The molecule has 0 N–H and O–H groups in total. The zero-order chi connectivity index (χ0) is 10.1. The third kappa shape index (κ3) is 1.50. The molecule has 0 fully saturated rings. The molecule has 0 aliphatic carbocycles. The number of aromatic nitrogens is 1. The first kappa shape index (κ1) is 9.52. The van der Waals surface area contributed by atoms with Gasteiger partial charge in [-0.25, -0.2) is 8.78 Å².